The maximum atomic E-state index is 11.5. The van der Waals surface area contributed by atoms with Crippen molar-refractivity contribution < 1.29 is 4.79 Å². The number of benzene rings is 1. The van der Waals surface area contributed by atoms with Crippen molar-refractivity contribution in [3.8, 4) is 10.6 Å². The number of hydrogen-bond acceptors (Lipinski definition) is 5. The lowest BCUT2D eigenvalue weighted by atomic mass is 10.0. The Labute approximate surface area is 149 Å². The molecule has 0 saturated carbocycles. The maximum Gasteiger partial charge on any atom is 0.221 e. The van der Waals surface area contributed by atoms with Crippen LogP contribution in [0.15, 0.2) is 24.3 Å². The van der Waals surface area contributed by atoms with Gasteiger partial charge in [-0.2, -0.15) is 0 Å². The molecule has 1 aliphatic heterocycles. The molecule has 3 heterocycles. The Morgan fingerprint density at radius 2 is 2.04 bits per heavy atom. The van der Waals surface area contributed by atoms with Crippen LogP contribution in [-0.2, 0) is 17.8 Å². The number of anilines is 1. The predicted molar refractivity (Wildman–Crippen MR) is 104 cm³/mol. The molecule has 0 spiro atoms. The van der Waals surface area contributed by atoms with E-state index in [9.17, 15) is 4.79 Å². The van der Waals surface area contributed by atoms with Gasteiger partial charge in [0.15, 0.2) is 0 Å². The van der Waals surface area contributed by atoms with Gasteiger partial charge in [0.05, 0.1) is 10.2 Å². The van der Waals surface area contributed by atoms with E-state index < -0.39 is 0 Å². The fourth-order valence-corrected chi connectivity index (χ4v) is 5.16. The van der Waals surface area contributed by atoms with Crippen LogP contribution in [0.4, 0.5) is 5.00 Å². The van der Waals surface area contributed by atoms with Crippen molar-refractivity contribution in [2.24, 2.45) is 0 Å². The highest BCUT2D eigenvalue weighted by molar-refractivity contribution is 7.22. The number of para-hydroxylation sites is 1. The molecule has 1 amide bonds. The first kappa shape index (κ1) is 17.1. The summed E-state index contributed by atoms with van der Waals surface area (Å²) in [5, 5.41) is 8.32. The van der Waals surface area contributed by atoms with Gasteiger partial charge in [0, 0.05) is 23.9 Å². The van der Waals surface area contributed by atoms with Gasteiger partial charge in [-0.1, -0.05) is 26.0 Å². The van der Waals surface area contributed by atoms with E-state index in [-0.39, 0.29) is 5.91 Å². The monoisotopic (exact) mass is 359 g/mol. The zero-order chi connectivity index (χ0) is 17.1. The van der Waals surface area contributed by atoms with Gasteiger partial charge in [0.1, 0.15) is 10.0 Å². The second-order valence-corrected chi connectivity index (χ2v) is 7.44. The van der Waals surface area contributed by atoms with Crippen LogP contribution in [0.3, 0.4) is 0 Å². The van der Waals surface area contributed by atoms with E-state index in [0.29, 0.717) is 0 Å². The van der Waals surface area contributed by atoms with Gasteiger partial charge in [-0.3, -0.25) is 4.79 Å². The Morgan fingerprint density at radius 1 is 1.25 bits per heavy atom. The fourth-order valence-electron chi connectivity index (χ4n) is 2.79. The molecule has 1 aliphatic rings. The number of amides is 1. The standard InChI is InChI=1S/C16H15N3OS2.C2H6/c1-9(20)18-15-14(10-6-7-17-8-13(10)22-15)16-19-11-4-2-3-5-12(11)21-16;1-2/h2-5,17H,6-8H2,1H3,(H,18,20);1-2H3. The van der Waals surface area contributed by atoms with Crippen molar-refractivity contribution in [3.63, 3.8) is 0 Å². The number of aromatic nitrogens is 1. The summed E-state index contributed by atoms with van der Waals surface area (Å²) in [5.41, 5.74) is 3.48. The number of hydrogen-bond donors (Lipinski definition) is 2. The van der Waals surface area contributed by atoms with Crippen molar-refractivity contribution >= 4 is 43.8 Å². The van der Waals surface area contributed by atoms with Crippen LogP contribution in [0.25, 0.3) is 20.8 Å². The third-order valence-corrected chi connectivity index (χ3v) is 5.93. The van der Waals surface area contributed by atoms with Crippen molar-refractivity contribution in [1.29, 1.82) is 0 Å². The second kappa shape index (κ2) is 7.42. The highest BCUT2D eigenvalue weighted by atomic mass is 32.1. The Bertz CT molecular complexity index is 833. The van der Waals surface area contributed by atoms with Crippen LogP contribution in [-0.4, -0.2) is 17.4 Å². The molecule has 0 fully saturated rings. The van der Waals surface area contributed by atoms with Gasteiger partial charge in [-0.05, 0) is 30.7 Å². The molecule has 2 aromatic heterocycles. The first-order valence-electron chi connectivity index (χ1n) is 8.21. The average molecular weight is 360 g/mol. The molecule has 0 atom stereocenters. The summed E-state index contributed by atoms with van der Waals surface area (Å²) in [6.07, 6.45) is 0.983. The number of nitrogens with one attached hydrogen (secondary N) is 2. The van der Waals surface area contributed by atoms with Crippen molar-refractivity contribution in [1.82, 2.24) is 10.3 Å². The Balaban J connectivity index is 0.000000815. The second-order valence-electron chi connectivity index (χ2n) is 5.30. The molecule has 6 heteroatoms. The summed E-state index contributed by atoms with van der Waals surface area (Å²) in [7, 11) is 0. The lowest BCUT2D eigenvalue weighted by Crippen LogP contribution is -2.22. The minimum absolute atomic E-state index is 0.0334. The number of nitrogens with zero attached hydrogens (tertiary/aromatic N) is 1. The first-order valence-corrected chi connectivity index (χ1v) is 9.84. The average Bonchev–Trinajstić information content (AvgIpc) is 3.16. The minimum Gasteiger partial charge on any atom is -0.317 e. The highest BCUT2D eigenvalue weighted by Crippen LogP contribution is 2.44. The van der Waals surface area contributed by atoms with Crippen LogP contribution in [0.5, 0.6) is 0 Å². The van der Waals surface area contributed by atoms with Crippen LogP contribution in [0.2, 0.25) is 0 Å². The van der Waals surface area contributed by atoms with Crippen molar-refractivity contribution in [3.05, 3.63) is 34.7 Å². The third kappa shape index (κ3) is 3.22. The molecule has 0 saturated heterocycles. The summed E-state index contributed by atoms with van der Waals surface area (Å²) >= 11 is 3.36. The summed E-state index contributed by atoms with van der Waals surface area (Å²) in [6, 6.07) is 8.17. The minimum atomic E-state index is -0.0334. The topological polar surface area (TPSA) is 54.0 Å². The largest absolute Gasteiger partial charge is 0.317 e. The Hall–Kier alpha value is -1.76. The van der Waals surface area contributed by atoms with E-state index in [0.717, 1.165) is 40.6 Å². The van der Waals surface area contributed by atoms with E-state index in [1.54, 1.807) is 29.6 Å². The quantitative estimate of drug-likeness (QED) is 0.700. The number of rotatable bonds is 2. The molecule has 0 radical (unpaired) electrons. The Morgan fingerprint density at radius 3 is 2.79 bits per heavy atom. The van der Waals surface area contributed by atoms with Crippen LogP contribution < -0.4 is 10.6 Å². The predicted octanol–water partition coefficient (Wildman–Crippen LogP) is 4.66. The summed E-state index contributed by atoms with van der Waals surface area (Å²) < 4.78 is 1.18. The molecule has 4 rings (SSSR count). The first-order chi connectivity index (χ1) is 11.7. The van der Waals surface area contributed by atoms with E-state index >= 15 is 0 Å². The lowest BCUT2D eigenvalue weighted by Gasteiger charge is -2.13. The molecule has 2 N–H and O–H groups in total. The van der Waals surface area contributed by atoms with Crippen LogP contribution in [0.1, 0.15) is 31.2 Å². The Kier molecular flexibility index (Phi) is 5.28. The van der Waals surface area contributed by atoms with E-state index in [1.807, 2.05) is 32.0 Å². The number of carbonyl (C=O) groups excluding carboxylic acids is 1. The number of carbonyl (C=O) groups is 1. The molecule has 0 aliphatic carbocycles. The third-order valence-electron chi connectivity index (χ3n) is 3.73. The number of fused-ring (bicyclic) bond motifs is 2. The van der Waals surface area contributed by atoms with Gasteiger partial charge in [0.2, 0.25) is 5.91 Å². The van der Waals surface area contributed by atoms with E-state index in [2.05, 4.69) is 16.7 Å². The highest BCUT2D eigenvalue weighted by Gasteiger charge is 2.24. The SMILES string of the molecule is CC.CC(=O)Nc1sc2c(c1-c1nc3ccccc3s1)CCNC2. The van der Waals surface area contributed by atoms with Crippen molar-refractivity contribution in [2.75, 3.05) is 11.9 Å². The zero-order valence-corrected chi connectivity index (χ0v) is 15.7. The molecule has 1 aromatic carbocycles. The molecular formula is C18H21N3OS2. The lowest BCUT2D eigenvalue weighted by molar-refractivity contribution is -0.114. The van der Waals surface area contributed by atoms with Gasteiger partial charge in [-0.15, -0.1) is 22.7 Å². The van der Waals surface area contributed by atoms with Crippen molar-refractivity contribution in [2.45, 2.75) is 33.7 Å². The van der Waals surface area contributed by atoms with Gasteiger partial charge in [-0.25, -0.2) is 4.98 Å². The zero-order valence-electron chi connectivity index (χ0n) is 14.1. The molecule has 126 valence electrons. The summed E-state index contributed by atoms with van der Waals surface area (Å²) in [4.78, 5) is 17.6. The summed E-state index contributed by atoms with van der Waals surface area (Å²) in [5.74, 6) is -0.0334. The van der Waals surface area contributed by atoms with E-state index in [4.69, 9.17) is 4.98 Å². The number of thiazole rings is 1. The van der Waals surface area contributed by atoms with Gasteiger partial charge < -0.3 is 10.6 Å². The molecule has 4 nitrogen and oxygen atoms in total. The molecule has 3 aromatic rings. The van der Waals surface area contributed by atoms with E-state index in [1.165, 1.54) is 15.1 Å². The van der Waals surface area contributed by atoms with Gasteiger partial charge >= 0.3 is 0 Å². The molecule has 0 unspecified atom stereocenters. The van der Waals surface area contributed by atoms with Gasteiger partial charge in [0.25, 0.3) is 0 Å². The number of thiophene rings is 1. The van der Waals surface area contributed by atoms with Crippen LogP contribution in [0, 0.1) is 0 Å². The molecule has 0 bridgehead atoms. The maximum absolute atomic E-state index is 11.5. The molecular weight excluding hydrogens is 338 g/mol. The van der Waals surface area contributed by atoms with Crippen LogP contribution >= 0.6 is 22.7 Å². The fraction of sp³-hybridized carbons (Fsp3) is 0.333. The smallest absolute Gasteiger partial charge is 0.221 e. The summed E-state index contributed by atoms with van der Waals surface area (Å²) in [6.45, 7) is 7.40. The normalized spacial score (nSPS) is 13.1. The molecule has 24 heavy (non-hydrogen) atoms.